The molecule has 3 amide bonds. The number of aromatic amines is 1. The predicted molar refractivity (Wildman–Crippen MR) is 199 cm³/mol. The first-order chi connectivity index (χ1) is 24.2. The van der Waals surface area contributed by atoms with Gasteiger partial charge in [-0.3, -0.25) is 14.6 Å². The highest BCUT2D eigenvalue weighted by molar-refractivity contribution is 7.91. The quantitative estimate of drug-likeness (QED) is 0.225. The second-order valence-corrected chi connectivity index (χ2v) is 17.8. The van der Waals surface area contributed by atoms with Crippen molar-refractivity contribution in [3.05, 3.63) is 71.4 Å². The zero-order valence-corrected chi connectivity index (χ0v) is 30.7. The standard InChI is InChI=1S/C39H45N7O4S/c1-38(2,3)46-22-30-31(44(4)37(46)48)20-41-35-33(30)32(26-10-12-28(13-11-26)36(47)42-24-39(23-40)16-17-39)34(43-35)27-8-6-25(7-9-27)21-45-18-14-29(15-19-45)51(5,49)50/h6-13,20,29H,14-19,21-22,24H2,1-5H3,(H,41,43)(H,42,47). The van der Waals surface area contributed by atoms with E-state index >= 15 is 0 Å². The fraction of sp³-hybridized carbons (Fsp3) is 0.436. The summed E-state index contributed by atoms with van der Waals surface area (Å²) >= 11 is 0. The summed E-state index contributed by atoms with van der Waals surface area (Å²) in [6, 6.07) is 18.2. The fourth-order valence-electron chi connectivity index (χ4n) is 7.35. The van der Waals surface area contributed by atoms with Gasteiger partial charge in [0, 0.05) is 54.0 Å². The zero-order valence-electron chi connectivity index (χ0n) is 29.9. The molecular formula is C39H45N7O4S. The number of H-pyrrole nitrogens is 1. The van der Waals surface area contributed by atoms with Crippen molar-refractivity contribution in [2.45, 2.75) is 70.3 Å². The lowest BCUT2D eigenvalue weighted by Gasteiger charge is -2.42. The number of carbonyl (C=O) groups excluding carboxylic acids is 2. The van der Waals surface area contributed by atoms with E-state index in [0.29, 0.717) is 37.1 Å². The summed E-state index contributed by atoms with van der Waals surface area (Å²) in [6.07, 6.45) is 6.02. The van der Waals surface area contributed by atoms with Crippen LogP contribution in [-0.2, 0) is 22.9 Å². The van der Waals surface area contributed by atoms with E-state index < -0.39 is 20.8 Å². The maximum atomic E-state index is 13.5. The number of amides is 3. The Balaban J connectivity index is 1.25. The van der Waals surface area contributed by atoms with E-state index in [0.717, 1.165) is 77.1 Å². The molecule has 2 aromatic carbocycles. The number of nitrogens with one attached hydrogen (secondary N) is 2. The number of hydrogen-bond acceptors (Lipinski definition) is 7. The van der Waals surface area contributed by atoms with Gasteiger partial charge < -0.3 is 15.2 Å². The SMILES string of the molecule is CN1C(=O)N(C(C)(C)C)Cc2c1cnc1[nH]c(-c3ccc(CN4CCC(S(C)(=O)=O)CC4)cc3)c(-c3ccc(C(=O)NCC4(C#N)CC4)cc3)c21. The monoisotopic (exact) mass is 707 g/mol. The lowest BCUT2D eigenvalue weighted by molar-refractivity contribution is 0.0948. The van der Waals surface area contributed by atoms with Gasteiger partial charge in [-0.25, -0.2) is 18.2 Å². The van der Waals surface area contributed by atoms with Crippen LogP contribution in [0, 0.1) is 16.7 Å². The fourth-order valence-corrected chi connectivity index (χ4v) is 8.41. The van der Waals surface area contributed by atoms with Crippen molar-refractivity contribution < 1.29 is 18.0 Å². The van der Waals surface area contributed by atoms with Gasteiger partial charge in [-0.2, -0.15) is 5.26 Å². The molecule has 1 saturated heterocycles. The number of sulfone groups is 1. The Morgan fingerprint density at radius 3 is 2.29 bits per heavy atom. The third-order valence-electron chi connectivity index (χ3n) is 10.8. The number of nitriles is 1. The summed E-state index contributed by atoms with van der Waals surface area (Å²) in [5.74, 6) is -0.210. The van der Waals surface area contributed by atoms with Gasteiger partial charge >= 0.3 is 6.03 Å². The van der Waals surface area contributed by atoms with Crippen LogP contribution in [0.1, 0.15) is 67.9 Å². The summed E-state index contributed by atoms with van der Waals surface area (Å²) in [6.45, 7) is 9.11. The topological polar surface area (TPSA) is 142 Å². The molecule has 2 N–H and O–H groups in total. The van der Waals surface area contributed by atoms with E-state index in [2.05, 4.69) is 45.5 Å². The number of pyridine rings is 1. The molecule has 4 heterocycles. The maximum absolute atomic E-state index is 13.5. The van der Waals surface area contributed by atoms with Gasteiger partial charge in [-0.1, -0.05) is 36.4 Å². The molecule has 1 aliphatic carbocycles. The summed E-state index contributed by atoms with van der Waals surface area (Å²) in [5, 5.41) is 13.0. The summed E-state index contributed by atoms with van der Waals surface area (Å²) in [4.78, 5) is 40.8. The molecule has 0 bridgehead atoms. The smallest absolute Gasteiger partial charge is 0.325 e. The first-order valence-corrected chi connectivity index (χ1v) is 19.5. The van der Waals surface area contributed by atoms with E-state index in [1.54, 1.807) is 18.1 Å². The van der Waals surface area contributed by atoms with Crippen LogP contribution in [0.5, 0.6) is 0 Å². The second kappa shape index (κ2) is 12.8. The number of aromatic nitrogens is 2. The second-order valence-electron chi connectivity index (χ2n) is 15.5. The number of nitrogens with zero attached hydrogens (tertiary/aromatic N) is 5. The largest absolute Gasteiger partial charge is 0.350 e. The third-order valence-corrected chi connectivity index (χ3v) is 12.5. The van der Waals surface area contributed by atoms with Crippen LogP contribution >= 0.6 is 0 Å². The third kappa shape index (κ3) is 6.72. The highest BCUT2D eigenvalue weighted by Crippen LogP contribution is 2.45. The van der Waals surface area contributed by atoms with E-state index in [1.807, 2.05) is 49.9 Å². The predicted octanol–water partition coefficient (Wildman–Crippen LogP) is 6.11. The number of hydrogen-bond donors (Lipinski definition) is 2. The Bertz CT molecular complexity index is 2150. The molecule has 7 rings (SSSR count). The average Bonchev–Trinajstić information content (AvgIpc) is 3.79. The van der Waals surface area contributed by atoms with Crippen molar-refractivity contribution in [2.75, 3.05) is 37.8 Å². The molecule has 3 aliphatic rings. The Labute approximate surface area is 299 Å². The van der Waals surface area contributed by atoms with Crippen LogP contribution < -0.4 is 10.2 Å². The minimum absolute atomic E-state index is 0.0793. The highest BCUT2D eigenvalue weighted by atomic mass is 32.2. The number of rotatable bonds is 8. The Hall–Kier alpha value is -4.73. The molecule has 12 heteroatoms. The van der Waals surface area contributed by atoms with Crippen molar-refractivity contribution in [3.8, 4) is 28.5 Å². The van der Waals surface area contributed by atoms with Gasteiger partial charge in [0.25, 0.3) is 5.91 Å². The molecule has 1 saturated carbocycles. The lowest BCUT2D eigenvalue weighted by atomic mass is 9.93. The van der Waals surface area contributed by atoms with E-state index in [4.69, 9.17) is 4.98 Å². The van der Waals surface area contributed by atoms with Crippen molar-refractivity contribution in [1.29, 1.82) is 5.26 Å². The summed E-state index contributed by atoms with van der Waals surface area (Å²) in [7, 11) is -1.23. The zero-order chi connectivity index (χ0) is 36.3. The number of urea groups is 1. The Morgan fingerprint density at radius 1 is 1.06 bits per heavy atom. The van der Waals surface area contributed by atoms with Crippen LogP contribution in [0.3, 0.4) is 0 Å². The lowest BCUT2D eigenvalue weighted by Crippen LogP contribution is -2.53. The van der Waals surface area contributed by atoms with Gasteiger partial charge in [0.1, 0.15) is 15.5 Å². The number of piperidine rings is 1. The summed E-state index contributed by atoms with van der Waals surface area (Å²) < 4.78 is 24.1. The molecular weight excluding hydrogens is 663 g/mol. The number of fused-ring (bicyclic) bond motifs is 3. The summed E-state index contributed by atoms with van der Waals surface area (Å²) in [5.41, 5.74) is 6.98. The van der Waals surface area contributed by atoms with Crippen molar-refractivity contribution in [1.82, 2.24) is 25.1 Å². The van der Waals surface area contributed by atoms with Gasteiger partial charge in [-0.05, 0) is 88.4 Å². The van der Waals surface area contributed by atoms with Crippen LogP contribution in [0.4, 0.5) is 10.5 Å². The van der Waals surface area contributed by atoms with Crippen LogP contribution in [0.25, 0.3) is 33.4 Å². The molecule has 266 valence electrons. The normalized spacial score (nSPS) is 18.1. The first kappa shape index (κ1) is 34.7. The molecule has 0 unspecified atom stereocenters. The average molecular weight is 708 g/mol. The van der Waals surface area contributed by atoms with Gasteiger partial charge in [-0.15, -0.1) is 0 Å². The van der Waals surface area contributed by atoms with Crippen molar-refractivity contribution in [2.24, 2.45) is 5.41 Å². The van der Waals surface area contributed by atoms with Gasteiger partial charge in [0.2, 0.25) is 0 Å². The molecule has 2 aliphatic heterocycles. The maximum Gasteiger partial charge on any atom is 0.325 e. The number of benzene rings is 2. The van der Waals surface area contributed by atoms with Crippen molar-refractivity contribution in [3.63, 3.8) is 0 Å². The van der Waals surface area contributed by atoms with Crippen LogP contribution in [0.2, 0.25) is 0 Å². The minimum Gasteiger partial charge on any atom is -0.350 e. The number of anilines is 1. The van der Waals surface area contributed by atoms with Crippen molar-refractivity contribution >= 4 is 38.5 Å². The molecule has 4 aromatic rings. The molecule has 11 nitrogen and oxygen atoms in total. The van der Waals surface area contributed by atoms with Crippen LogP contribution in [-0.4, -0.2) is 83.9 Å². The van der Waals surface area contributed by atoms with E-state index in [-0.39, 0.29) is 17.2 Å². The molecule has 0 atom stereocenters. The molecule has 0 spiro atoms. The first-order valence-electron chi connectivity index (χ1n) is 17.6. The highest BCUT2D eigenvalue weighted by Gasteiger charge is 2.43. The number of carbonyl (C=O) groups is 2. The molecule has 2 fully saturated rings. The molecule has 51 heavy (non-hydrogen) atoms. The van der Waals surface area contributed by atoms with Gasteiger partial charge in [0.05, 0.1) is 40.9 Å². The van der Waals surface area contributed by atoms with Crippen LogP contribution in [0.15, 0.2) is 54.7 Å². The van der Waals surface area contributed by atoms with Gasteiger partial charge in [0.15, 0.2) is 0 Å². The molecule has 2 aromatic heterocycles. The van der Waals surface area contributed by atoms with E-state index in [9.17, 15) is 23.3 Å². The minimum atomic E-state index is -3.02. The number of likely N-dealkylation sites (tertiary alicyclic amines) is 1. The Kier molecular flexibility index (Phi) is 8.71. The Morgan fingerprint density at radius 2 is 1.71 bits per heavy atom. The van der Waals surface area contributed by atoms with E-state index in [1.165, 1.54) is 6.26 Å². The molecule has 0 radical (unpaired) electrons.